The maximum absolute atomic E-state index is 12.2. The standard InChI is InChI=1S/C18H21N3O2/c1-21-8-2-3-14-9-12(4-7-16(14)21)11-19-18(22)15-10-17(23-20-15)13-5-6-13/h4,7,9-10,13H,2-3,5-6,8,11H2,1H3,(H,19,22). The van der Waals surface area contributed by atoms with Crippen molar-refractivity contribution in [2.75, 3.05) is 18.5 Å². The van der Waals surface area contributed by atoms with Gasteiger partial charge in [-0.2, -0.15) is 0 Å². The summed E-state index contributed by atoms with van der Waals surface area (Å²) < 4.78 is 5.23. The van der Waals surface area contributed by atoms with Crippen molar-refractivity contribution in [2.24, 2.45) is 0 Å². The number of benzene rings is 1. The van der Waals surface area contributed by atoms with E-state index in [-0.39, 0.29) is 5.91 Å². The Balaban J connectivity index is 1.41. The first-order valence-electron chi connectivity index (χ1n) is 8.28. The second kappa shape index (κ2) is 5.72. The molecule has 5 nitrogen and oxygen atoms in total. The largest absolute Gasteiger partial charge is 0.374 e. The summed E-state index contributed by atoms with van der Waals surface area (Å²) in [6, 6.07) is 8.20. The highest BCUT2D eigenvalue weighted by Crippen LogP contribution is 2.40. The summed E-state index contributed by atoms with van der Waals surface area (Å²) >= 11 is 0. The predicted octanol–water partition coefficient (Wildman–Crippen LogP) is 2.86. The highest BCUT2D eigenvalue weighted by molar-refractivity contribution is 5.92. The number of carbonyl (C=O) groups excluding carboxylic acids is 1. The van der Waals surface area contributed by atoms with Crippen molar-refractivity contribution < 1.29 is 9.32 Å². The van der Waals surface area contributed by atoms with Gasteiger partial charge in [-0.05, 0) is 42.9 Å². The molecule has 1 aromatic carbocycles. The molecule has 2 aromatic rings. The van der Waals surface area contributed by atoms with Gasteiger partial charge in [0.05, 0.1) is 0 Å². The van der Waals surface area contributed by atoms with Gasteiger partial charge in [0.25, 0.3) is 5.91 Å². The van der Waals surface area contributed by atoms with E-state index in [1.165, 1.54) is 17.7 Å². The maximum Gasteiger partial charge on any atom is 0.273 e. The Morgan fingerprint density at radius 3 is 3.09 bits per heavy atom. The highest BCUT2D eigenvalue weighted by Gasteiger charge is 2.28. The highest BCUT2D eigenvalue weighted by atomic mass is 16.5. The van der Waals surface area contributed by atoms with Gasteiger partial charge in [-0.3, -0.25) is 4.79 Å². The van der Waals surface area contributed by atoms with Crippen LogP contribution in [0.5, 0.6) is 0 Å². The lowest BCUT2D eigenvalue weighted by molar-refractivity contribution is 0.0941. The minimum absolute atomic E-state index is 0.171. The molecule has 2 heterocycles. The molecule has 0 atom stereocenters. The summed E-state index contributed by atoms with van der Waals surface area (Å²) in [7, 11) is 2.13. The zero-order valence-electron chi connectivity index (χ0n) is 13.3. The third kappa shape index (κ3) is 2.96. The molecule has 1 saturated carbocycles. The van der Waals surface area contributed by atoms with Crippen LogP contribution in [-0.2, 0) is 13.0 Å². The summed E-state index contributed by atoms with van der Waals surface area (Å²) in [6.07, 6.45) is 4.57. The first-order valence-corrected chi connectivity index (χ1v) is 8.28. The molecule has 23 heavy (non-hydrogen) atoms. The van der Waals surface area contributed by atoms with Gasteiger partial charge < -0.3 is 14.7 Å². The molecular formula is C18H21N3O2. The summed E-state index contributed by atoms with van der Waals surface area (Å²) in [6.45, 7) is 1.63. The number of rotatable bonds is 4. The van der Waals surface area contributed by atoms with Gasteiger partial charge in [-0.15, -0.1) is 0 Å². The first-order chi connectivity index (χ1) is 11.2. The fourth-order valence-electron chi connectivity index (χ4n) is 3.18. The molecule has 1 aromatic heterocycles. The van der Waals surface area contributed by atoms with Crippen LogP contribution in [0.25, 0.3) is 0 Å². The molecule has 1 N–H and O–H groups in total. The van der Waals surface area contributed by atoms with E-state index < -0.39 is 0 Å². The fraction of sp³-hybridized carbons (Fsp3) is 0.444. The van der Waals surface area contributed by atoms with Gasteiger partial charge in [0.2, 0.25) is 0 Å². The van der Waals surface area contributed by atoms with Crippen LogP contribution in [0.1, 0.15) is 52.6 Å². The number of hydrogen-bond donors (Lipinski definition) is 1. The van der Waals surface area contributed by atoms with Crippen molar-refractivity contribution in [3.8, 4) is 0 Å². The van der Waals surface area contributed by atoms with Crippen LogP contribution in [0.4, 0.5) is 5.69 Å². The van der Waals surface area contributed by atoms with Crippen LogP contribution in [0.2, 0.25) is 0 Å². The second-order valence-corrected chi connectivity index (χ2v) is 6.56. The normalized spacial score (nSPS) is 17.0. The number of hydrogen-bond acceptors (Lipinski definition) is 4. The fourth-order valence-corrected chi connectivity index (χ4v) is 3.18. The first kappa shape index (κ1) is 14.3. The van der Waals surface area contributed by atoms with E-state index in [9.17, 15) is 4.79 Å². The van der Waals surface area contributed by atoms with Crippen molar-refractivity contribution >= 4 is 11.6 Å². The van der Waals surface area contributed by atoms with E-state index in [0.29, 0.717) is 18.2 Å². The van der Waals surface area contributed by atoms with E-state index in [1.54, 1.807) is 6.07 Å². The van der Waals surface area contributed by atoms with Gasteiger partial charge in [0.1, 0.15) is 5.76 Å². The topological polar surface area (TPSA) is 58.4 Å². The van der Waals surface area contributed by atoms with E-state index in [1.807, 2.05) is 0 Å². The van der Waals surface area contributed by atoms with E-state index in [2.05, 4.69) is 40.6 Å². The molecule has 1 aliphatic heterocycles. The minimum Gasteiger partial charge on any atom is -0.374 e. The molecule has 2 aliphatic rings. The van der Waals surface area contributed by atoms with Gasteiger partial charge in [0.15, 0.2) is 5.69 Å². The van der Waals surface area contributed by atoms with Crippen LogP contribution in [-0.4, -0.2) is 24.7 Å². The molecule has 120 valence electrons. The Kier molecular flexibility index (Phi) is 3.56. The second-order valence-electron chi connectivity index (χ2n) is 6.56. The molecule has 1 fully saturated rings. The van der Waals surface area contributed by atoms with Crippen LogP contribution in [0.3, 0.4) is 0 Å². The van der Waals surface area contributed by atoms with Crippen molar-refractivity contribution in [3.63, 3.8) is 0 Å². The van der Waals surface area contributed by atoms with Crippen LogP contribution >= 0.6 is 0 Å². The quantitative estimate of drug-likeness (QED) is 0.943. The zero-order chi connectivity index (χ0) is 15.8. The average molecular weight is 311 g/mol. The molecule has 0 unspecified atom stereocenters. The number of anilines is 1. The van der Waals surface area contributed by atoms with Crippen molar-refractivity contribution in [3.05, 3.63) is 46.8 Å². The Bertz CT molecular complexity index is 734. The predicted molar refractivity (Wildman–Crippen MR) is 87.7 cm³/mol. The number of aryl methyl sites for hydroxylation is 1. The van der Waals surface area contributed by atoms with Crippen molar-refractivity contribution in [1.82, 2.24) is 10.5 Å². The van der Waals surface area contributed by atoms with Gasteiger partial charge in [0, 0.05) is 37.8 Å². The average Bonchev–Trinajstić information content (AvgIpc) is 3.30. The van der Waals surface area contributed by atoms with Crippen molar-refractivity contribution in [1.29, 1.82) is 0 Å². The molecule has 0 bridgehead atoms. The van der Waals surface area contributed by atoms with Crippen LogP contribution < -0.4 is 10.2 Å². The molecule has 0 radical (unpaired) electrons. The maximum atomic E-state index is 12.2. The number of aromatic nitrogens is 1. The summed E-state index contributed by atoms with van der Waals surface area (Å²) in [5.74, 6) is 1.14. The number of fused-ring (bicyclic) bond motifs is 1. The minimum atomic E-state index is -0.171. The van der Waals surface area contributed by atoms with Gasteiger partial charge in [-0.1, -0.05) is 17.3 Å². The SMILES string of the molecule is CN1CCCc2cc(CNC(=O)c3cc(C4CC4)on3)ccc21. The Hall–Kier alpha value is -2.30. The lowest BCUT2D eigenvalue weighted by atomic mass is 9.99. The number of nitrogens with zero attached hydrogens (tertiary/aromatic N) is 2. The summed E-state index contributed by atoms with van der Waals surface area (Å²) in [5, 5.41) is 6.81. The number of nitrogens with one attached hydrogen (secondary N) is 1. The van der Waals surface area contributed by atoms with Crippen molar-refractivity contribution in [2.45, 2.75) is 38.1 Å². The van der Waals surface area contributed by atoms with E-state index >= 15 is 0 Å². The van der Waals surface area contributed by atoms with E-state index in [4.69, 9.17) is 4.52 Å². The molecule has 0 spiro atoms. The molecule has 0 saturated heterocycles. The molecule has 1 amide bonds. The Morgan fingerprint density at radius 1 is 1.39 bits per heavy atom. The molecule has 4 rings (SSSR count). The third-order valence-corrected chi connectivity index (χ3v) is 4.69. The molecule has 5 heteroatoms. The smallest absolute Gasteiger partial charge is 0.273 e. The number of carbonyl (C=O) groups is 1. The lowest BCUT2D eigenvalue weighted by Gasteiger charge is -2.27. The van der Waals surface area contributed by atoms with E-state index in [0.717, 1.165) is 37.1 Å². The van der Waals surface area contributed by atoms with Gasteiger partial charge in [-0.25, -0.2) is 0 Å². The molecular weight excluding hydrogens is 290 g/mol. The monoisotopic (exact) mass is 311 g/mol. The van der Waals surface area contributed by atoms with Crippen LogP contribution in [0.15, 0.2) is 28.8 Å². The van der Waals surface area contributed by atoms with Crippen LogP contribution in [0, 0.1) is 0 Å². The summed E-state index contributed by atoms with van der Waals surface area (Å²) in [5.41, 5.74) is 4.17. The number of amides is 1. The molecule has 1 aliphatic carbocycles. The third-order valence-electron chi connectivity index (χ3n) is 4.69. The Labute approximate surface area is 135 Å². The summed E-state index contributed by atoms with van der Waals surface area (Å²) in [4.78, 5) is 14.5. The zero-order valence-corrected chi connectivity index (χ0v) is 13.3. The Morgan fingerprint density at radius 2 is 2.26 bits per heavy atom. The van der Waals surface area contributed by atoms with Gasteiger partial charge >= 0.3 is 0 Å². The lowest BCUT2D eigenvalue weighted by Crippen LogP contribution is -2.26.